The van der Waals surface area contributed by atoms with Gasteiger partial charge < -0.3 is 5.32 Å². The van der Waals surface area contributed by atoms with Gasteiger partial charge in [0.1, 0.15) is 5.82 Å². The summed E-state index contributed by atoms with van der Waals surface area (Å²) in [6.07, 6.45) is 4.41. The number of hydrogen-bond acceptors (Lipinski definition) is 1. The van der Waals surface area contributed by atoms with Crippen molar-refractivity contribution in [1.29, 1.82) is 0 Å². The van der Waals surface area contributed by atoms with Gasteiger partial charge in [-0.1, -0.05) is 19.9 Å². The monoisotopic (exact) mass is 301 g/mol. The quantitative estimate of drug-likeness (QED) is 0.792. The molecule has 96 valence electrons. The fourth-order valence-corrected chi connectivity index (χ4v) is 2.26. The average Bonchev–Trinajstić information content (AvgIpc) is 2.34. The zero-order chi connectivity index (χ0) is 12.7. The van der Waals surface area contributed by atoms with Crippen molar-refractivity contribution in [3.8, 4) is 0 Å². The molecular formula is C14H21BrFN. The number of rotatable bonds is 7. The molecular weight excluding hydrogens is 281 g/mol. The Morgan fingerprint density at radius 1 is 1.35 bits per heavy atom. The molecule has 0 amide bonds. The van der Waals surface area contributed by atoms with Gasteiger partial charge in [0, 0.05) is 6.04 Å². The van der Waals surface area contributed by atoms with Gasteiger partial charge in [-0.05, 0) is 65.9 Å². The Bertz CT molecular complexity index is 341. The van der Waals surface area contributed by atoms with E-state index < -0.39 is 0 Å². The van der Waals surface area contributed by atoms with Gasteiger partial charge in [-0.3, -0.25) is 0 Å². The van der Waals surface area contributed by atoms with Crippen molar-refractivity contribution >= 4 is 15.9 Å². The molecule has 1 rings (SSSR count). The van der Waals surface area contributed by atoms with Crippen LogP contribution in [-0.4, -0.2) is 12.6 Å². The van der Waals surface area contributed by atoms with E-state index in [2.05, 4.69) is 35.1 Å². The molecule has 17 heavy (non-hydrogen) atoms. The van der Waals surface area contributed by atoms with Crippen LogP contribution in [0.1, 0.15) is 38.7 Å². The van der Waals surface area contributed by atoms with Crippen LogP contribution in [-0.2, 0) is 6.42 Å². The lowest BCUT2D eigenvalue weighted by atomic mass is 10.0. The fourth-order valence-electron chi connectivity index (χ4n) is 1.84. The summed E-state index contributed by atoms with van der Waals surface area (Å²) < 4.78 is 13.6. The summed E-state index contributed by atoms with van der Waals surface area (Å²) in [7, 11) is 0. The SMILES string of the molecule is CCCNC(CC)CCc1ccc(F)c(Br)c1. The lowest BCUT2D eigenvalue weighted by Crippen LogP contribution is -2.29. The molecule has 0 saturated carbocycles. The molecule has 1 unspecified atom stereocenters. The van der Waals surface area contributed by atoms with Crippen LogP contribution in [0.15, 0.2) is 22.7 Å². The van der Waals surface area contributed by atoms with Crippen molar-refractivity contribution in [3.63, 3.8) is 0 Å². The highest BCUT2D eigenvalue weighted by atomic mass is 79.9. The Morgan fingerprint density at radius 2 is 2.12 bits per heavy atom. The van der Waals surface area contributed by atoms with Crippen LogP contribution in [0.2, 0.25) is 0 Å². The largest absolute Gasteiger partial charge is 0.314 e. The van der Waals surface area contributed by atoms with Gasteiger partial charge in [0.15, 0.2) is 0 Å². The summed E-state index contributed by atoms with van der Waals surface area (Å²) in [5.74, 6) is -0.190. The second-order valence-electron chi connectivity index (χ2n) is 4.35. The van der Waals surface area contributed by atoms with Crippen LogP contribution in [0.3, 0.4) is 0 Å². The van der Waals surface area contributed by atoms with Gasteiger partial charge in [-0.25, -0.2) is 4.39 Å². The molecule has 1 atom stereocenters. The van der Waals surface area contributed by atoms with Gasteiger partial charge in [0.25, 0.3) is 0 Å². The molecule has 1 aromatic rings. The lowest BCUT2D eigenvalue weighted by Gasteiger charge is -2.16. The normalized spacial score (nSPS) is 12.7. The number of hydrogen-bond donors (Lipinski definition) is 1. The molecule has 3 heteroatoms. The molecule has 0 aliphatic heterocycles. The minimum atomic E-state index is -0.190. The molecule has 0 spiro atoms. The Morgan fingerprint density at radius 3 is 2.71 bits per heavy atom. The highest BCUT2D eigenvalue weighted by molar-refractivity contribution is 9.10. The van der Waals surface area contributed by atoms with Gasteiger partial charge in [0.05, 0.1) is 4.47 Å². The van der Waals surface area contributed by atoms with Gasteiger partial charge in [-0.2, -0.15) is 0 Å². The minimum Gasteiger partial charge on any atom is -0.314 e. The van der Waals surface area contributed by atoms with Crippen molar-refractivity contribution in [2.45, 2.75) is 45.6 Å². The molecule has 1 aromatic carbocycles. The van der Waals surface area contributed by atoms with Crippen LogP contribution in [0, 0.1) is 5.82 Å². The third kappa shape index (κ3) is 5.17. The number of halogens is 2. The fraction of sp³-hybridized carbons (Fsp3) is 0.571. The molecule has 0 aliphatic carbocycles. The summed E-state index contributed by atoms with van der Waals surface area (Å²) in [6.45, 7) is 5.45. The van der Waals surface area contributed by atoms with Crippen LogP contribution >= 0.6 is 15.9 Å². The summed E-state index contributed by atoms with van der Waals surface area (Å²) in [5, 5.41) is 3.53. The topological polar surface area (TPSA) is 12.0 Å². The Kier molecular flexibility index (Phi) is 6.75. The van der Waals surface area contributed by atoms with E-state index in [0.29, 0.717) is 10.5 Å². The highest BCUT2D eigenvalue weighted by Crippen LogP contribution is 2.18. The predicted octanol–water partition coefficient (Wildman–Crippen LogP) is 4.30. The summed E-state index contributed by atoms with van der Waals surface area (Å²) in [6, 6.07) is 5.84. The van der Waals surface area contributed by atoms with Crippen molar-refractivity contribution < 1.29 is 4.39 Å². The Hall–Kier alpha value is -0.410. The molecule has 0 fully saturated rings. The first-order chi connectivity index (χ1) is 8.17. The number of nitrogens with one attached hydrogen (secondary N) is 1. The Balaban J connectivity index is 2.45. The van der Waals surface area contributed by atoms with E-state index in [1.807, 2.05) is 12.1 Å². The van der Waals surface area contributed by atoms with E-state index in [9.17, 15) is 4.39 Å². The van der Waals surface area contributed by atoms with E-state index in [1.165, 1.54) is 18.1 Å². The second kappa shape index (κ2) is 7.83. The van der Waals surface area contributed by atoms with Crippen LogP contribution < -0.4 is 5.32 Å². The van der Waals surface area contributed by atoms with E-state index >= 15 is 0 Å². The Labute approximate surface area is 112 Å². The second-order valence-corrected chi connectivity index (χ2v) is 5.20. The molecule has 0 bridgehead atoms. The molecule has 0 saturated heterocycles. The first-order valence-electron chi connectivity index (χ1n) is 6.34. The molecule has 0 radical (unpaired) electrons. The van der Waals surface area contributed by atoms with Crippen molar-refractivity contribution in [1.82, 2.24) is 5.32 Å². The minimum absolute atomic E-state index is 0.190. The van der Waals surface area contributed by atoms with E-state index in [1.54, 1.807) is 0 Å². The van der Waals surface area contributed by atoms with Gasteiger partial charge >= 0.3 is 0 Å². The maximum absolute atomic E-state index is 13.1. The maximum atomic E-state index is 13.1. The highest BCUT2D eigenvalue weighted by Gasteiger charge is 2.06. The third-order valence-electron chi connectivity index (χ3n) is 2.94. The molecule has 1 nitrogen and oxygen atoms in total. The summed E-state index contributed by atoms with van der Waals surface area (Å²) in [5.41, 5.74) is 1.19. The maximum Gasteiger partial charge on any atom is 0.137 e. The third-order valence-corrected chi connectivity index (χ3v) is 3.55. The summed E-state index contributed by atoms with van der Waals surface area (Å²) in [4.78, 5) is 0. The van der Waals surface area contributed by atoms with E-state index in [4.69, 9.17) is 0 Å². The van der Waals surface area contributed by atoms with Crippen LogP contribution in [0.5, 0.6) is 0 Å². The number of aryl methyl sites for hydroxylation is 1. The van der Waals surface area contributed by atoms with E-state index in [0.717, 1.165) is 25.8 Å². The van der Waals surface area contributed by atoms with Crippen LogP contribution in [0.25, 0.3) is 0 Å². The average molecular weight is 302 g/mol. The predicted molar refractivity (Wildman–Crippen MR) is 74.8 cm³/mol. The smallest absolute Gasteiger partial charge is 0.137 e. The zero-order valence-electron chi connectivity index (χ0n) is 10.6. The molecule has 0 aliphatic rings. The van der Waals surface area contributed by atoms with E-state index in [-0.39, 0.29) is 5.82 Å². The molecule has 1 N–H and O–H groups in total. The first kappa shape index (κ1) is 14.7. The zero-order valence-corrected chi connectivity index (χ0v) is 12.2. The van der Waals surface area contributed by atoms with Gasteiger partial charge in [0.2, 0.25) is 0 Å². The van der Waals surface area contributed by atoms with Gasteiger partial charge in [-0.15, -0.1) is 0 Å². The molecule has 0 heterocycles. The lowest BCUT2D eigenvalue weighted by molar-refractivity contribution is 0.468. The first-order valence-corrected chi connectivity index (χ1v) is 7.14. The van der Waals surface area contributed by atoms with Crippen molar-refractivity contribution in [2.24, 2.45) is 0 Å². The van der Waals surface area contributed by atoms with Crippen molar-refractivity contribution in [2.75, 3.05) is 6.54 Å². The molecule has 0 aromatic heterocycles. The summed E-state index contributed by atoms with van der Waals surface area (Å²) >= 11 is 3.22. The number of benzene rings is 1. The standard InChI is InChI=1S/C14H21BrFN/c1-3-9-17-12(4-2)7-5-11-6-8-14(16)13(15)10-11/h6,8,10,12,17H,3-5,7,9H2,1-2H3. The van der Waals surface area contributed by atoms with Crippen molar-refractivity contribution in [3.05, 3.63) is 34.1 Å². The van der Waals surface area contributed by atoms with Crippen LogP contribution in [0.4, 0.5) is 4.39 Å².